The number of hydrogen-bond donors (Lipinski definition) is 9. The Balaban J connectivity index is -0.000000745. The molecule has 30 nitrogen and oxygen atoms in total. The summed E-state index contributed by atoms with van der Waals surface area (Å²) in [5.74, 6) is -5.19. The average molecular weight is 1670 g/mol. The van der Waals surface area contributed by atoms with Crippen LogP contribution in [0, 0.1) is 17.5 Å². The zero-order valence-corrected chi connectivity index (χ0v) is 72.1. The Morgan fingerprint density at radius 3 is 0.947 bits per heavy atom. The maximum Gasteiger partial charge on any atom is 1.00 e. The molecule has 6 rings (SSSR count). The van der Waals surface area contributed by atoms with Crippen molar-refractivity contribution in [3.8, 4) is 33.8 Å². The van der Waals surface area contributed by atoms with Crippen LogP contribution < -0.4 is 82.9 Å². The quantitative estimate of drug-likeness (QED) is 0.0209. The fourth-order valence-electron chi connectivity index (χ4n) is 9.39. The van der Waals surface area contributed by atoms with Crippen molar-refractivity contribution >= 4 is 84.1 Å². The molecule has 3 aromatic carbocycles. The van der Waals surface area contributed by atoms with Crippen molar-refractivity contribution in [2.45, 2.75) is 176 Å². The largest absolute Gasteiger partial charge is 1.00 e. The minimum absolute atomic E-state index is 0. The van der Waals surface area contributed by atoms with Crippen LogP contribution in [0.2, 0.25) is 0 Å². The number of carboxylic acid groups (broad SMARTS) is 2. The summed E-state index contributed by atoms with van der Waals surface area (Å²) in [6, 6.07) is 16.5. The Labute approximate surface area is 707 Å². The first kappa shape index (κ1) is 113. The Bertz CT molecular complexity index is 4150. The number of nitrogens with zero attached hydrogens (tertiary/aromatic N) is 9. The Hall–Kier alpha value is -6.79. The van der Waals surface area contributed by atoms with Crippen molar-refractivity contribution in [3.63, 3.8) is 0 Å². The molecule has 38 heteroatoms. The molecule has 622 valence electrons. The molecule has 0 aliphatic carbocycles. The molecule has 0 bridgehead atoms. The number of carbonyl (C=O) groups excluding carboxylic acids is 2. The first-order valence-electron chi connectivity index (χ1n) is 34.0. The number of nitrogens with two attached hydrogens (primary N) is 1. The van der Waals surface area contributed by atoms with E-state index in [-0.39, 0.29) is 147 Å². The van der Waals surface area contributed by atoms with E-state index in [1.165, 1.54) is 124 Å². The number of ether oxygens (including phenoxy) is 1. The molecule has 11 N–H and O–H groups in total. The normalized spacial score (nSPS) is 12.8. The molecule has 0 amide bonds. The Morgan fingerprint density at radius 2 is 0.735 bits per heavy atom. The minimum Gasteiger partial charge on any atom is -0.870 e. The van der Waals surface area contributed by atoms with E-state index in [0.29, 0.717) is 74.0 Å². The Morgan fingerprint density at radius 1 is 0.487 bits per heavy atom. The summed E-state index contributed by atoms with van der Waals surface area (Å²) >= 11 is 0. The zero-order valence-electron chi connectivity index (χ0n) is 65.6. The molecular formula is C75H111F3N10Na2O20S3. The van der Waals surface area contributed by atoms with E-state index in [4.69, 9.17) is 20.7 Å². The van der Waals surface area contributed by atoms with Crippen LogP contribution in [-0.2, 0) is 49.2 Å². The molecule has 0 radical (unpaired) electrons. The molecular weight excluding hydrogens is 1560 g/mol. The van der Waals surface area contributed by atoms with Gasteiger partial charge in [-0.05, 0) is 110 Å². The van der Waals surface area contributed by atoms with Crippen LogP contribution >= 0.6 is 0 Å². The van der Waals surface area contributed by atoms with Crippen molar-refractivity contribution in [2.75, 3.05) is 73.1 Å². The van der Waals surface area contributed by atoms with Crippen molar-refractivity contribution in [1.29, 1.82) is 0 Å². The number of aliphatic hydroxyl groups is 7. The smallest absolute Gasteiger partial charge is 0.870 e. The number of sulfonamides is 3. The third kappa shape index (κ3) is 39.1. The van der Waals surface area contributed by atoms with Gasteiger partial charge in [-0.15, -0.1) is 0 Å². The SMILES string of the molecule is C.C.CC(C)c1nc(N(C)S(C)(=O)=O)nc(-c2ccc(F)cc2)c1/C=C/[C@@H](O)C[C@@H](O)CC(=O)O.CC(C)c1nc(N(C)S(C)(=O)=O)nc(-c2ccc(F)cc2)c1/C=C/[C@@H](O)C[C@@H](O)CC(=O)[O-].CCCN.CCCOC(=O)C[C@H](O)C[C@H](O)/C=C/c1c(-c2ccc(F)cc2)nc(N(C)S(C)(=O)=O)nc1C(C)C.CO.[Na+].[Na+].[OH-]. The van der Waals surface area contributed by atoms with Gasteiger partial charge in [0.2, 0.25) is 47.9 Å². The summed E-state index contributed by atoms with van der Waals surface area (Å²) in [7, 11) is -5.97. The van der Waals surface area contributed by atoms with E-state index < -0.39 is 115 Å². The van der Waals surface area contributed by atoms with Crippen LogP contribution in [0.5, 0.6) is 0 Å². The number of aromatic nitrogens is 6. The summed E-state index contributed by atoms with van der Waals surface area (Å²) in [4.78, 5) is 59.6. The van der Waals surface area contributed by atoms with Gasteiger partial charge in [0.1, 0.15) is 17.5 Å². The maximum atomic E-state index is 13.6. The monoisotopic (exact) mass is 1670 g/mol. The van der Waals surface area contributed by atoms with Crippen molar-refractivity contribution in [3.05, 3.63) is 142 Å². The van der Waals surface area contributed by atoms with Gasteiger partial charge < -0.3 is 66.7 Å². The van der Waals surface area contributed by atoms with Crippen molar-refractivity contribution in [1.82, 2.24) is 29.9 Å². The maximum absolute atomic E-state index is 13.6. The third-order valence-corrected chi connectivity index (χ3v) is 18.7. The summed E-state index contributed by atoms with van der Waals surface area (Å²) in [5.41, 5.74) is 10.5. The standard InChI is InChI=1S/C25H34FN3O6S.2C22H28FN3O6S.C3H9N.CH4O.2CH4.2Na.H2O/c1-6-13-35-22(32)15-20(31)14-19(30)11-12-21-23(16(2)3)27-25(29(4)36(5,33)34)28-24(21)17-7-9-18(26)10-8-17;2*1-13(2)20-18(10-9-16(27)11-17(28)12-19(29)30)21(14-5-7-15(23)8-6-14)25-22(24-20)26(3)33(4,31)32;1-2-3-4;1-2;;;;;/h7-12,16,19-20,30-31H,6,13-15H2,1-5H3;2*5-10,13,16-17,27-28H,11-12H2,1-4H3,(H,29,30);2-4H2,1H3;2H,1H3;2*1H4;;;1H2/q;;;;;;;2*+1;/p-2/b12-11+;2*10-9+;;;;;;;/t19-,20-;2*16-,17-;;;;;;;/m111......./s1. The van der Waals surface area contributed by atoms with Crippen LogP contribution in [-0.4, -0.2) is 216 Å². The fourth-order valence-corrected chi connectivity index (χ4v) is 10.5. The summed E-state index contributed by atoms with van der Waals surface area (Å²) in [6.45, 7) is 16.1. The number of carboxylic acids is 2. The van der Waals surface area contributed by atoms with Gasteiger partial charge in [0.15, 0.2) is 0 Å². The first-order valence-corrected chi connectivity index (χ1v) is 39.6. The van der Waals surface area contributed by atoms with Gasteiger partial charge in [-0.2, -0.15) is 0 Å². The van der Waals surface area contributed by atoms with Gasteiger partial charge >= 0.3 is 71.1 Å². The fraction of sp³-hybridized carbons (Fsp3) is 0.480. The van der Waals surface area contributed by atoms with E-state index in [9.17, 15) is 88.6 Å². The predicted octanol–water partition coefficient (Wildman–Crippen LogP) is 1.81. The number of carbonyl (C=O) groups is 3. The second-order valence-electron chi connectivity index (χ2n) is 25.5. The van der Waals surface area contributed by atoms with Crippen LogP contribution in [0.15, 0.2) is 91.0 Å². The number of hydrogen-bond acceptors (Lipinski definition) is 26. The second kappa shape index (κ2) is 54.2. The van der Waals surface area contributed by atoms with Gasteiger partial charge in [-0.1, -0.05) is 107 Å². The van der Waals surface area contributed by atoms with E-state index >= 15 is 0 Å². The second-order valence-corrected chi connectivity index (χ2v) is 31.6. The number of anilines is 3. The summed E-state index contributed by atoms with van der Waals surface area (Å²) in [5, 5.41) is 87.0. The van der Waals surface area contributed by atoms with E-state index in [1.54, 1.807) is 6.08 Å². The number of esters is 1. The van der Waals surface area contributed by atoms with E-state index in [0.717, 1.165) is 51.8 Å². The number of rotatable bonds is 33. The molecule has 113 heavy (non-hydrogen) atoms. The third-order valence-electron chi connectivity index (χ3n) is 15.2. The van der Waals surface area contributed by atoms with E-state index in [2.05, 4.69) is 36.8 Å². The average Bonchev–Trinajstić information content (AvgIpc) is 0.793. The number of aliphatic hydroxyl groups excluding tert-OH is 7. The van der Waals surface area contributed by atoms with Gasteiger partial charge in [0.25, 0.3) is 0 Å². The first-order chi connectivity index (χ1) is 50.3. The van der Waals surface area contributed by atoms with Crippen molar-refractivity contribution in [2.24, 2.45) is 5.73 Å². The van der Waals surface area contributed by atoms with Gasteiger partial charge in [-0.25, -0.2) is 81.2 Å². The summed E-state index contributed by atoms with van der Waals surface area (Å²) < 4.78 is 121. The molecule has 0 aliphatic heterocycles. The molecule has 3 heterocycles. The molecule has 0 aliphatic rings. The van der Waals surface area contributed by atoms with E-state index in [1.807, 2.05) is 48.5 Å². The van der Waals surface area contributed by atoms with Crippen LogP contribution in [0.1, 0.15) is 173 Å². The van der Waals surface area contributed by atoms with Gasteiger partial charge in [0.05, 0.1) is 109 Å². The zero-order chi connectivity index (χ0) is 82.3. The number of aliphatic carboxylic acids is 2. The molecule has 0 saturated heterocycles. The summed E-state index contributed by atoms with van der Waals surface area (Å²) in [6.07, 6.45) is 4.74. The molecule has 0 spiro atoms. The topological polar surface area (TPSA) is 491 Å². The minimum atomic E-state index is -3.66. The predicted molar refractivity (Wildman–Crippen MR) is 422 cm³/mol. The van der Waals surface area contributed by atoms with Crippen LogP contribution in [0.4, 0.5) is 31.0 Å². The molecule has 3 aromatic heterocycles. The number of halogens is 3. The molecule has 6 atom stereocenters. The van der Waals surface area contributed by atoms with Gasteiger partial charge in [0, 0.05) is 93.3 Å². The molecule has 0 saturated carbocycles. The van der Waals surface area contributed by atoms with Crippen LogP contribution in [0.25, 0.3) is 52.0 Å². The van der Waals surface area contributed by atoms with Crippen molar-refractivity contribution < 1.29 is 168 Å². The number of benzene rings is 3. The van der Waals surface area contributed by atoms with Crippen LogP contribution in [0.3, 0.4) is 0 Å². The molecule has 0 unspecified atom stereocenters. The Kier molecular flexibility index (Phi) is 54.0. The molecule has 6 aromatic rings. The van der Waals surface area contributed by atoms with Gasteiger partial charge in [-0.3, -0.25) is 9.59 Å². The molecule has 0 fully saturated rings.